The molecule has 0 bridgehead atoms. The van der Waals surface area contributed by atoms with Gasteiger partial charge in [-0.2, -0.15) is 0 Å². The molecule has 1 aliphatic rings. The number of phenolic OH excluding ortho intramolecular Hbond substituents is 1. The molecule has 3 rings (SSSR count). The first-order valence-electron chi connectivity index (χ1n) is 9.41. The van der Waals surface area contributed by atoms with E-state index >= 15 is 0 Å². The number of piperidine rings is 1. The Labute approximate surface area is 160 Å². The Kier molecular flexibility index (Phi) is 6.69. The minimum absolute atomic E-state index is 0.164. The van der Waals surface area contributed by atoms with Crippen molar-refractivity contribution in [1.29, 1.82) is 0 Å². The molecule has 1 aliphatic heterocycles. The minimum Gasteiger partial charge on any atom is -0.504 e. The molecule has 0 saturated carbocycles. The van der Waals surface area contributed by atoms with Crippen LogP contribution in [0.5, 0.6) is 11.5 Å². The van der Waals surface area contributed by atoms with Gasteiger partial charge in [0, 0.05) is 16.7 Å². The van der Waals surface area contributed by atoms with Gasteiger partial charge in [0.25, 0.3) is 0 Å². The van der Waals surface area contributed by atoms with Crippen molar-refractivity contribution in [2.75, 3.05) is 26.2 Å². The molecule has 0 radical (unpaired) electrons. The number of phenols is 1. The number of aliphatic imine (C=N–C) groups is 1. The van der Waals surface area contributed by atoms with Crippen molar-refractivity contribution in [3.63, 3.8) is 0 Å². The first kappa shape index (κ1) is 18.9. The van der Waals surface area contributed by atoms with E-state index in [1.165, 1.54) is 17.7 Å². The number of hydrogen-bond acceptors (Lipinski definition) is 5. The van der Waals surface area contributed by atoms with Crippen LogP contribution in [0.1, 0.15) is 43.2 Å². The molecule has 0 unspecified atom stereocenters. The molecular weight excluding hydrogens is 344 g/mol. The Morgan fingerprint density at radius 2 is 2.12 bits per heavy atom. The summed E-state index contributed by atoms with van der Waals surface area (Å²) in [5.74, 6) is 1.49. The molecule has 5 heteroatoms. The van der Waals surface area contributed by atoms with E-state index < -0.39 is 0 Å². The zero-order valence-electron chi connectivity index (χ0n) is 15.6. The summed E-state index contributed by atoms with van der Waals surface area (Å²) in [6.45, 7) is 7.74. The highest BCUT2D eigenvalue weighted by Gasteiger charge is 2.24. The molecule has 2 aromatic rings. The molecule has 1 aromatic heterocycles. The van der Waals surface area contributed by atoms with Gasteiger partial charge in [0.05, 0.1) is 19.2 Å². The third-order valence-electron chi connectivity index (χ3n) is 4.97. The van der Waals surface area contributed by atoms with Crippen molar-refractivity contribution in [2.45, 2.75) is 32.7 Å². The molecule has 140 valence electrons. The van der Waals surface area contributed by atoms with Crippen molar-refractivity contribution in [3.8, 4) is 11.5 Å². The number of thiophene rings is 1. The molecule has 1 fully saturated rings. The monoisotopic (exact) mass is 372 g/mol. The molecule has 4 nitrogen and oxygen atoms in total. The average Bonchev–Trinajstić information content (AvgIpc) is 3.17. The van der Waals surface area contributed by atoms with Gasteiger partial charge in [-0.05, 0) is 62.4 Å². The van der Waals surface area contributed by atoms with E-state index in [1.54, 1.807) is 23.6 Å². The standard InChI is InChI=1S/C21H28N2O2S/c1-3-25-19-7-4-6-17(21(19)24)14-22-15-18(20-8-5-13-26-20)23-11-9-16(2)10-12-23/h4-8,13-14,16,18,24H,3,9-12,15H2,1-2H3/t18-/m1/s1. The molecule has 1 N–H and O–H groups in total. The molecule has 1 saturated heterocycles. The Bertz CT molecular complexity index is 707. The van der Waals surface area contributed by atoms with Gasteiger partial charge in [-0.25, -0.2) is 0 Å². The smallest absolute Gasteiger partial charge is 0.166 e. The lowest BCUT2D eigenvalue weighted by atomic mass is 9.97. The summed E-state index contributed by atoms with van der Waals surface area (Å²) < 4.78 is 5.45. The van der Waals surface area contributed by atoms with Gasteiger partial charge in [-0.15, -0.1) is 11.3 Å². The third-order valence-corrected chi connectivity index (χ3v) is 5.94. The van der Waals surface area contributed by atoms with E-state index in [4.69, 9.17) is 4.74 Å². The van der Waals surface area contributed by atoms with E-state index in [2.05, 4.69) is 34.3 Å². The maximum Gasteiger partial charge on any atom is 0.166 e. The molecule has 1 aromatic carbocycles. The molecule has 2 heterocycles. The van der Waals surface area contributed by atoms with Crippen LogP contribution in [0.2, 0.25) is 0 Å². The SMILES string of the molecule is CCOc1cccc(C=NC[C@H](c2cccs2)N2CCC(C)CC2)c1O. The zero-order valence-corrected chi connectivity index (χ0v) is 16.4. The van der Waals surface area contributed by atoms with Gasteiger partial charge < -0.3 is 9.84 Å². The van der Waals surface area contributed by atoms with Crippen LogP contribution < -0.4 is 4.74 Å². The lowest BCUT2D eigenvalue weighted by Crippen LogP contribution is -2.37. The second-order valence-electron chi connectivity index (χ2n) is 6.87. The molecule has 1 atom stereocenters. The summed E-state index contributed by atoms with van der Waals surface area (Å²) in [4.78, 5) is 8.60. The average molecular weight is 373 g/mol. The highest BCUT2D eigenvalue weighted by molar-refractivity contribution is 7.10. The number of para-hydroxylation sites is 1. The van der Waals surface area contributed by atoms with Gasteiger partial charge in [0.1, 0.15) is 0 Å². The number of hydrogen-bond donors (Lipinski definition) is 1. The Morgan fingerprint density at radius 1 is 1.31 bits per heavy atom. The molecule has 26 heavy (non-hydrogen) atoms. The van der Waals surface area contributed by atoms with Crippen LogP contribution in [0, 0.1) is 5.92 Å². The predicted octanol–water partition coefficient (Wildman–Crippen LogP) is 4.74. The number of nitrogens with zero attached hydrogens (tertiary/aromatic N) is 2. The van der Waals surface area contributed by atoms with E-state index in [0.29, 0.717) is 30.5 Å². The van der Waals surface area contributed by atoms with E-state index in [-0.39, 0.29) is 5.75 Å². The van der Waals surface area contributed by atoms with Gasteiger partial charge >= 0.3 is 0 Å². The quantitative estimate of drug-likeness (QED) is 0.714. The number of benzene rings is 1. The fraction of sp³-hybridized carbons (Fsp3) is 0.476. The summed E-state index contributed by atoms with van der Waals surface area (Å²) in [5, 5.41) is 12.5. The van der Waals surface area contributed by atoms with E-state index in [1.807, 2.05) is 19.1 Å². The first-order valence-corrected chi connectivity index (χ1v) is 10.3. The van der Waals surface area contributed by atoms with Crippen molar-refractivity contribution < 1.29 is 9.84 Å². The molecule has 0 aliphatic carbocycles. The summed E-state index contributed by atoms with van der Waals surface area (Å²) in [7, 11) is 0. The van der Waals surface area contributed by atoms with Crippen LogP contribution in [-0.2, 0) is 0 Å². The van der Waals surface area contributed by atoms with Crippen LogP contribution in [0.3, 0.4) is 0 Å². The van der Waals surface area contributed by atoms with Crippen LogP contribution in [0.25, 0.3) is 0 Å². The second kappa shape index (κ2) is 9.19. The Morgan fingerprint density at radius 3 is 2.81 bits per heavy atom. The van der Waals surface area contributed by atoms with Crippen LogP contribution in [0.4, 0.5) is 0 Å². The van der Waals surface area contributed by atoms with Crippen LogP contribution in [0.15, 0.2) is 40.7 Å². The third kappa shape index (κ3) is 4.65. The van der Waals surface area contributed by atoms with Crippen LogP contribution >= 0.6 is 11.3 Å². The van der Waals surface area contributed by atoms with Crippen molar-refractivity contribution in [2.24, 2.45) is 10.9 Å². The highest BCUT2D eigenvalue weighted by Crippen LogP contribution is 2.31. The van der Waals surface area contributed by atoms with Gasteiger partial charge in [0.2, 0.25) is 0 Å². The number of aromatic hydroxyl groups is 1. The van der Waals surface area contributed by atoms with Gasteiger partial charge in [-0.1, -0.05) is 19.1 Å². The summed E-state index contributed by atoms with van der Waals surface area (Å²) in [6, 6.07) is 10.2. The summed E-state index contributed by atoms with van der Waals surface area (Å²) in [5.41, 5.74) is 0.702. The fourth-order valence-corrected chi connectivity index (χ4v) is 4.22. The molecule has 0 spiro atoms. The minimum atomic E-state index is 0.164. The highest BCUT2D eigenvalue weighted by atomic mass is 32.1. The van der Waals surface area contributed by atoms with Crippen LogP contribution in [-0.4, -0.2) is 42.5 Å². The zero-order chi connectivity index (χ0) is 18.4. The maximum absolute atomic E-state index is 10.3. The van der Waals surface area contributed by atoms with Crippen molar-refractivity contribution in [3.05, 3.63) is 46.2 Å². The van der Waals surface area contributed by atoms with E-state index in [9.17, 15) is 5.11 Å². The number of rotatable bonds is 7. The maximum atomic E-state index is 10.3. The molecular formula is C21H28N2O2S. The Balaban J connectivity index is 1.72. The van der Waals surface area contributed by atoms with Gasteiger partial charge in [-0.3, -0.25) is 9.89 Å². The summed E-state index contributed by atoms with van der Waals surface area (Å²) in [6.07, 6.45) is 4.27. The number of ether oxygens (including phenoxy) is 1. The van der Waals surface area contributed by atoms with Crippen molar-refractivity contribution >= 4 is 17.6 Å². The second-order valence-corrected chi connectivity index (χ2v) is 7.85. The molecule has 0 amide bonds. The lowest BCUT2D eigenvalue weighted by molar-refractivity contribution is 0.143. The van der Waals surface area contributed by atoms with Crippen molar-refractivity contribution in [1.82, 2.24) is 4.90 Å². The first-order chi connectivity index (χ1) is 12.7. The normalized spacial score (nSPS) is 17.6. The fourth-order valence-electron chi connectivity index (χ4n) is 3.37. The topological polar surface area (TPSA) is 45.1 Å². The van der Waals surface area contributed by atoms with E-state index in [0.717, 1.165) is 19.0 Å². The summed E-state index contributed by atoms with van der Waals surface area (Å²) >= 11 is 1.80. The van der Waals surface area contributed by atoms with Gasteiger partial charge in [0.15, 0.2) is 11.5 Å². The lowest BCUT2D eigenvalue weighted by Gasteiger charge is -2.35. The number of likely N-dealkylation sites (tertiary alicyclic amines) is 1. The predicted molar refractivity (Wildman–Crippen MR) is 109 cm³/mol. The Hall–Kier alpha value is -1.85. The largest absolute Gasteiger partial charge is 0.504 e.